The summed E-state index contributed by atoms with van der Waals surface area (Å²) in [4.78, 5) is 10.8. The summed E-state index contributed by atoms with van der Waals surface area (Å²) in [7, 11) is -11.0. The van der Waals surface area contributed by atoms with Gasteiger partial charge in [0.2, 0.25) is 0 Å². The third-order valence-electron chi connectivity index (χ3n) is 4.21. The van der Waals surface area contributed by atoms with Gasteiger partial charge in [0.15, 0.2) is 16.6 Å². The number of carbonyl (C=O) groups excluding carboxylic acids is 1. The highest BCUT2D eigenvalue weighted by Crippen LogP contribution is 2.32. The lowest BCUT2D eigenvalue weighted by Crippen LogP contribution is -2.60. The van der Waals surface area contributed by atoms with Gasteiger partial charge in [-0.3, -0.25) is 0 Å². The summed E-state index contributed by atoms with van der Waals surface area (Å²) in [6, 6.07) is 1.70. The quantitative estimate of drug-likeness (QED) is 0.207. The SMILES string of the molecule is CCCC[Si](C)(O[Si](C)(C)O[Si](C)(C)C)O[Si](C)(CCCCC(=O)[O-])O[Si](C)(C)C. The first-order valence-electron chi connectivity index (χ1n) is 11.3. The number of unbranched alkanes of at least 4 members (excludes halogenated alkanes) is 2. The fourth-order valence-electron chi connectivity index (χ4n) is 3.84. The van der Waals surface area contributed by atoms with E-state index in [4.69, 9.17) is 16.5 Å². The lowest BCUT2D eigenvalue weighted by molar-refractivity contribution is -0.305. The number of hydrogen-bond acceptors (Lipinski definition) is 6. The van der Waals surface area contributed by atoms with E-state index in [0.717, 1.165) is 31.4 Å². The standard InChI is InChI=1S/C19H48O6Si5/c1-12-13-17-30(11,24-28(8,9)22-26(2,3)4)25-29(10,23-27(5,6)7)18-15-14-16-19(20)21/h12-18H2,1-11H3,(H,20,21)/p-1. The van der Waals surface area contributed by atoms with Gasteiger partial charge in [-0.1, -0.05) is 26.2 Å². The van der Waals surface area contributed by atoms with E-state index in [2.05, 4.69) is 72.4 Å². The second kappa shape index (κ2) is 12.0. The average Bonchev–Trinajstić information content (AvgIpc) is 2.44. The Morgan fingerprint density at radius 3 is 1.57 bits per heavy atom. The number of hydrogen-bond donors (Lipinski definition) is 0. The van der Waals surface area contributed by atoms with Crippen LogP contribution in [0.25, 0.3) is 0 Å². The van der Waals surface area contributed by atoms with E-state index in [9.17, 15) is 9.90 Å². The molecule has 0 spiro atoms. The van der Waals surface area contributed by atoms with Gasteiger partial charge in [-0.2, -0.15) is 0 Å². The lowest BCUT2D eigenvalue weighted by Gasteiger charge is -2.44. The molecule has 0 saturated heterocycles. The van der Waals surface area contributed by atoms with Gasteiger partial charge < -0.3 is 26.4 Å². The van der Waals surface area contributed by atoms with Gasteiger partial charge in [-0.15, -0.1) is 0 Å². The van der Waals surface area contributed by atoms with Gasteiger partial charge >= 0.3 is 25.7 Å². The van der Waals surface area contributed by atoms with Crippen LogP contribution in [-0.4, -0.2) is 48.3 Å². The van der Waals surface area contributed by atoms with Crippen LogP contribution in [0.5, 0.6) is 0 Å². The molecule has 180 valence electrons. The van der Waals surface area contributed by atoms with Gasteiger partial charge in [-0.05, 0) is 90.4 Å². The second-order valence-corrected chi connectivity index (χ2v) is 31.0. The number of rotatable bonds is 16. The summed E-state index contributed by atoms with van der Waals surface area (Å²) >= 11 is 0. The van der Waals surface area contributed by atoms with Crippen molar-refractivity contribution in [3.8, 4) is 0 Å². The van der Waals surface area contributed by atoms with Gasteiger partial charge in [-0.25, -0.2) is 0 Å². The molecule has 0 rings (SSSR count). The van der Waals surface area contributed by atoms with E-state index in [-0.39, 0.29) is 6.42 Å². The van der Waals surface area contributed by atoms with E-state index < -0.39 is 48.3 Å². The third kappa shape index (κ3) is 15.2. The minimum Gasteiger partial charge on any atom is -0.550 e. The maximum atomic E-state index is 10.8. The summed E-state index contributed by atoms with van der Waals surface area (Å²) in [5.74, 6) is -0.993. The van der Waals surface area contributed by atoms with Crippen LogP contribution in [0.4, 0.5) is 0 Å². The molecular formula is C19H47O6Si5-. The van der Waals surface area contributed by atoms with Crippen molar-refractivity contribution >= 4 is 48.3 Å². The molecule has 0 aromatic heterocycles. The molecular weight excluding hydrogens is 465 g/mol. The Morgan fingerprint density at radius 2 is 1.13 bits per heavy atom. The molecule has 0 aromatic rings. The Morgan fingerprint density at radius 1 is 0.667 bits per heavy atom. The van der Waals surface area contributed by atoms with Crippen LogP contribution in [0.15, 0.2) is 0 Å². The molecule has 0 N–H and O–H groups in total. The number of carboxylic acid groups (broad SMARTS) is 1. The molecule has 0 amide bonds. The Bertz CT molecular complexity index is 534. The fourth-order valence-corrected chi connectivity index (χ4v) is 27.9. The maximum absolute atomic E-state index is 10.8. The molecule has 0 fully saturated rings. The molecule has 30 heavy (non-hydrogen) atoms. The highest BCUT2D eigenvalue weighted by Gasteiger charge is 2.48. The van der Waals surface area contributed by atoms with Crippen molar-refractivity contribution in [2.45, 2.75) is 117 Å². The Balaban J connectivity index is 5.60. The van der Waals surface area contributed by atoms with Crippen LogP contribution in [0.3, 0.4) is 0 Å². The van der Waals surface area contributed by atoms with Crippen LogP contribution < -0.4 is 5.11 Å². The summed E-state index contributed by atoms with van der Waals surface area (Å²) in [5.41, 5.74) is 0. The molecule has 2 unspecified atom stereocenters. The predicted octanol–water partition coefficient (Wildman–Crippen LogP) is 5.29. The molecule has 0 aliphatic rings. The molecule has 0 aliphatic carbocycles. The monoisotopic (exact) mass is 511 g/mol. The van der Waals surface area contributed by atoms with Crippen molar-refractivity contribution < 1.29 is 26.4 Å². The molecule has 0 bridgehead atoms. The highest BCUT2D eigenvalue weighted by atomic mass is 28.5. The van der Waals surface area contributed by atoms with Crippen LogP contribution in [0.2, 0.25) is 77.6 Å². The van der Waals surface area contributed by atoms with Crippen molar-refractivity contribution in [2.24, 2.45) is 0 Å². The number of carbonyl (C=O) groups is 1. The zero-order valence-corrected chi connectivity index (χ0v) is 26.4. The molecule has 2 atom stereocenters. The summed E-state index contributed by atoms with van der Waals surface area (Å²) in [6.45, 7) is 23.9. The molecule has 11 heteroatoms. The zero-order chi connectivity index (χ0) is 23.9. The van der Waals surface area contributed by atoms with Crippen molar-refractivity contribution in [1.82, 2.24) is 0 Å². The summed E-state index contributed by atoms with van der Waals surface area (Å²) in [5, 5.41) is 10.8. The van der Waals surface area contributed by atoms with Gasteiger partial charge in [0.05, 0.1) is 0 Å². The van der Waals surface area contributed by atoms with Crippen LogP contribution in [0, 0.1) is 0 Å². The minimum atomic E-state index is -2.54. The average molecular weight is 512 g/mol. The van der Waals surface area contributed by atoms with E-state index in [1.165, 1.54) is 0 Å². The molecule has 0 heterocycles. The predicted molar refractivity (Wildman–Crippen MR) is 135 cm³/mol. The Kier molecular flexibility index (Phi) is 12.2. The van der Waals surface area contributed by atoms with E-state index in [0.29, 0.717) is 6.42 Å². The van der Waals surface area contributed by atoms with Crippen LogP contribution in [-0.2, 0) is 21.3 Å². The molecule has 6 nitrogen and oxygen atoms in total. The zero-order valence-electron chi connectivity index (χ0n) is 21.4. The topological polar surface area (TPSA) is 77.1 Å². The van der Waals surface area contributed by atoms with Gasteiger partial charge in [0.1, 0.15) is 0 Å². The fraction of sp³-hybridized carbons (Fsp3) is 0.947. The van der Waals surface area contributed by atoms with E-state index in [1.54, 1.807) is 0 Å². The molecule has 0 radical (unpaired) electrons. The van der Waals surface area contributed by atoms with E-state index >= 15 is 0 Å². The smallest absolute Gasteiger partial charge is 0.317 e. The van der Waals surface area contributed by atoms with Crippen LogP contribution in [0.1, 0.15) is 39.0 Å². The Hall–Kier alpha value is 0.394. The number of carboxylic acids is 1. The van der Waals surface area contributed by atoms with Crippen molar-refractivity contribution in [3.05, 3.63) is 0 Å². The van der Waals surface area contributed by atoms with Gasteiger partial charge in [0, 0.05) is 5.97 Å². The summed E-state index contributed by atoms with van der Waals surface area (Å²) < 4.78 is 26.8. The molecule has 0 saturated carbocycles. The van der Waals surface area contributed by atoms with Crippen molar-refractivity contribution in [1.29, 1.82) is 0 Å². The Labute approximate surface area is 191 Å². The number of aliphatic carboxylic acids is 1. The highest BCUT2D eigenvalue weighted by molar-refractivity contribution is 6.90. The van der Waals surface area contributed by atoms with Crippen LogP contribution >= 0.6 is 0 Å². The van der Waals surface area contributed by atoms with Crippen molar-refractivity contribution in [2.75, 3.05) is 0 Å². The summed E-state index contributed by atoms with van der Waals surface area (Å²) in [6.07, 6.45) is 3.59. The first-order chi connectivity index (χ1) is 13.3. The minimum absolute atomic E-state index is 0.0858. The normalized spacial score (nSPS) is 17.4. The van der Waals surface area contributed by atoms with Crippen molar-refractivity contribution in [3.63, 3.8) is 0 Å². The first kappa shape index (κ1) is 30.4. The second-order valence-electron chi connectivity index (χ2n) is 11.0. The lowest BCUT2D eigenvalue weighted by atomic mass is 10.2. The first-order valence-corrected chi connectivity index (χ1v) is 26.0. The van der Waals surface area contributed by atoms with E-state index in [1.807, 2.05) is 0 Å². The molecule has 0 aliphatic heterocycles. The third-order valence-corrected chi connectivity index (χ3v) is 22.5. The maximum Gasteiger partial charge on any atom is 0.317 e. The van der Waals surface area contributed by atoms with Gasteiger partial charge in [0.25, 0.3) is 0 Å². The molecule has 0 aromatic carbocycles. The largest absolute Gasteiger partial charge is 0.550 e.